The van der Waals surface area contributed by atoms with Crippen LogP contribution >= 0.6 is 0 Å². The molecule has 0 rings (SSSR count). The zero-order valence-electron chi connectivity index (χ0n) is 31.5. The van der Waals surface area contributed by atoms with Crippen molar-refractivity contribution in [3.8, 4) is 0 Å². The first-order valence-corrected chi connectivity index (χ1v) is 20.1. The Morgan fingerprint density at radius 3 is 1.59 bits per heavy atom. The lowest BCUT2D eigenvalue weighted by molar-refractivity contribution is -0.147. The number of amides is 2. The largest absolute Gasteiger partial charge is 0.480 e. The van der Waals surface area contributed by atoms with Crippen molar-refractivity contribution in [2.24, 2.45) is 0 Å². The van der Waals surface area contributed by atoms with Crippen LogP contribution in [-0.4, -0.2) is 59.3 Å². The molecule has 0 saturated heterocycles. The number of aliphatic hydroxyl groups is 1. The highest BCUT2D eigenvalue weighted by atomic mass is 16.5. The Hall–Kier alpha value is -2.42. The molecule has 286 valence electrons. The number of allylic oxidation sites excluding steroid dienone is 1. The Morgan fingerprint density at radius 1 is 0.612 bits per heavy atom. The van der Waals surface area contributed by atoms with Gasteiger partial charge >= 0.3 is 11.9 Å². The van der Waals surface area contributed by atoms with E-state index in [4.69, 9.17) is 14.9 Å². The molecule has 0 aliphatic carbocycles. The maximum atomic E-state index is 12.6. The second kappa shape index (κ2) is 35.4. The van der Waals surface area contributed by atoms with Gasteiger partial charge in [-0.2, -0.15) is 0 Å². The van der Waals surface area contributed by atoms with Gasteiger partial charge in [-0.25, -0.2) is 4.79 Å². The highest BCUT2D eigenvalue weighted by Crippen LogP contribution is 2.16. The molecule has 0 fully saturated rings. The van der Waals surface area contributed by atoms with Crippen molar-refractivity contribution < 1.29 is 34.1 Å². The van der Waals surface area contributed by atoms with Crippen LogP contribution in [0.1, 0.15) is 194 Å². The van der Waals surface area contributed by atoms with Crippen LogP contribution in [0.5, 0.6) is 0 Å². The first kappa shape index (κ1) is 46.6. The molecular formula is C40H74N2O7. The van der Waals surface area contributed by atoms with E-state index in [0.29, 0.717) is 12.8 Å². The molecule has 2 amide bonds. The molecule has 0 aromatic rings. The third-order valence-electron chi connectivity index (χ3n) is 9.00. The number of carboxylic acid groups (broad SMARTS) is 1. The molecule has 0 saturated carbocycles. The van der Waals surface area contributed by atoms with E-state index in [2.05, 4.69) is 36.6 Å². The number of hydrogen-bond donors (Lipinski definition) is 4. The summed E-state index contributed by atoms with van der Waals surface area (Å²) in [6.07, 6.45) is 35.5. The fourth-order valence-corrected chi connectivity index (χ4v) is 5.86. The highest BCUT2D eigenvalue weighted by molar-refractivity contribution is 5.87. The first-order chi connectivity index (χ1) is 23.8. The van der Waals surface area contributed by atoms with E-state index >= 15 is 0 Å². The number of aliphatic carboxylic acids is 1. The van der Waals surface area contributed by atoms with Crippen LogP contribution in [0.2, 0.25) is 0 Å². The summed E-state index contributed by atoms with van der Waals surface area (Å²) in [7, 11) is 0. The number of carboxylic acids is 1. The minimum absolute atomic E-state index is 0.111. The zero-order valence-corrected chi connectivity index (χ0v) is 31.5. The van der Waals surface area contributed by atoms with Crippen molar-refractivity contribution in [1.82, 2.24) is 10.6 Å². The number of carbonyl (C=O) groups is 4. The molecule has 0 bridgehead atoms. The summed E-state index contributed by atoms with van der Waals surface area (Å²) in [5.74, 6) is -2.39. The second-order valence-corrected chi connectivity index (χ2v) is 13.7. The fraction of sp³-hybridized carbons (Fsp3) is 0.850. The average molecular weight is 695 g/mol. The average Bonchev–Trinajstić information content (AvgIpc) is 3.08. The smallest absolute Gasteiger partial charge is 0.328 e. The lowest BCUT2D eigenvalue weighted by Gasteiger charge is -2.15. The van der Waals surface area contributed by atoms with Crippen molar-refractivity contribution >= 4 is 23.8 Å². The summed E-state index contributed by atoms with van der Waals surface area (Å²) >= 11 is 0. The molecule has 0 aliphatic rings. The number of nitrogens with one attached hydrogen (secondary N) is 2. The van der Waals surface area contributed by atoms with Gasteiger partial charge in [-0.05, 0) is 44.6 Å². The van der Waals surface area contributed by atoms with Crippen molar-refractivity contribution in [3.63, 3.8) is 0 Å². The van der Waals surface area contributed by atoms with Gasteiger partial charge in [-0.15, -0.1) is 0 Å². The molecule has 0 spiro atoms. The van der Waals surface area contributed by atoms with Crippen LogP contribution < -0.4 is 10.6 Å². The molecule has 0 radical (unpaired) electrons. The Labute approximate surface area is 299 Å². The molecule has 49 heavy (non-hydrogen) atoms. The van der Waals surface area contributed by atoms with Crippen LogP contribution in [0.4, 0.5) is 0 Å². The van der Waals surface area contributed by atoms with Gasteiger partial charge in [0.15, 0.2) is 0 Å². The van der Waals surface area contributed by atoms with Gasteiger partial charge in [0, 0.05) is 12.8 Å². The van der Waals surface area contributed by atoms with E-state index in [1.165, 1.54) is 109 Å². The summed E-state index contributed by atoms with van der Waals surface area (Å²) in [6, 6.07) is -1.39. The maximum Gasteiger partial charge on any atom is 0.328 e. The molecule has 2 unspecified atom stereocenters. The third-order valence-corrected chi connectivity index (χ3v) is 9.00. The Bertz CT molecular complexity index is 848. The summed E-state index contributed by atoms with van der Waals surface area (Å²) in [5.41, 5.74) is 0. The normalized spacial score (nSPS) is 12.6. The highest BCUT2D eigenvalue weighted by Gasteiger charge is 2.18. The number of unbranched alkanes of at least 4 members (excludes halogenated alkanes) is 22. The van der Waals surface area contributed by atoms with Gasteiger partial charge in [0.05, 0.1) is 13.2 Å². The molecule has 0 aliphatic heterocycles. The Balaban J connectivity index is 4.13. The summed E-state index contributed by atoms with van der Waals surface area (Å²) < 4.78 is 5.87. The maximum absolute atomic E-state index is 12.6. The van der Waals surface area contributed by atoms with Crippen molar-refractivity contribution in [2.45, 2.75) is 206 Å². The van der Waals surface area contributed by atoms with Gasteiger partial charge in [0.25, 0.3) is 0 Å². The molecule has 0 heterocycles. The van der Waals surface area contributed by atoms with E-state index in [-0.39, 0.29) is 30.9 Å². The van der Waals surface area contributed by atoms with E-state index in [0.717, 1.165) is 51.4 Å². The van der Waals surface area contributed by atoms with E-state index < -0.39 is 24.5 Å². The first-order valence-electron chi connectivity index (χ1n) is 20.1. The number of carbonyl (C=O) groups excluding carboxylic acids is 3. The van der Waals surface area contributed by atoms with Crippen molar-refractivity contribution in [2.75, 3.05) is 13.2 Å². The van der Waals surface area contributed by atoms with Gasteiger partial charge in [0.1, 0.15) is 12.1 Å². The number of esters is 1. The minimum atomic E-state index is -1.39. The number of hydrogen-bond acceptors (Lipinski definition) is 6. The van der Waals surface area contributed by atoms with Crippen LogP contribution in [0, 0.1) is 0 Å². The van der Waals surface area contributed by atoms with Gasteiger partial charge in [-0.3, -0.25) is 14.4 Å². The lowest BCUT2D eigenvalue weighted by atomic mass is 10.0. The third kappa shape index (κ3) is 32.5. The second-order valence-electron chi connectivity index (χ2n) is 13.7. The predicted molar refractivity (Wildman–Crippen MR) is 199 cm³/mol. The molecule has 0 aromatic carbocycles. The quantitative estimate of drug-likeness (QED) is 0.0291. The van der Waals surface area contributed by atoms with Crippen LogP contribution in [0.15, 0.2) is 12.2 Å². The minimum Gasteiger partial charge on any atom is -0.480 e. The van der Waals surface area contributed by atoms with Crippen LogP contribution in [0.25, 0.3) is 0 Å². The van der Waals surface area contributed by atoms with E-state index in [1.807, 2.05) is 0 Å². The standard InChI is InChI=1S/C40H74N2O7/c1-3-5-7-9-11-12-13-14-15-16-17-18-19-20-22-28-32-39(46)49-35(29-25-21-10-8-6-4-2)30-26-23-24-27-31-37(44)41-33-38(45)42-36(34-43)40(47)48/h25,29,35-36,43H,3-24,26-28,30-34H2,1-2H3,(H,41,44)(H,42,45)(H,47,48)/b29-25-. The zero-order chi connectivity index (χ0) is 36.2. The molecule has 9 nitrogen and oxygen atoms in total. The molecule has 4 N–H and O–H groups in total. The van der Waals surface area contributed by atoms with Gasteiger partial charge < -0.3 is 25.6 Å². The molecular weight excluding hydrogens is 620 g/mol. The summed E-state index contributed by atoms with van der Waals surface area (Å²) in [4.78, 5) is 47.3. The fourth-order valence-electron chi connectivity index (χ4n) is 5.86. The summed E-state index contributed by atoms with van der Waals surface area (Å²) in [5, 5.41) is 22.5. The SMILES string of the molecule is CCCCCC/C=C\C(CCCCCCC(=O)NCC(=O)NC(CO)C(=O)O)OC(=O)CCCCCCCCCCCCCCCCCC. The Kier molecular flexibility index (Phi) is 33.7. The summed E-state index contributed by atoms with van der Waals surface area (Å²) in [6.45, 7) is 3.42. The molecule has 0 aromatic heterocycles. The van der Waals surface area contributed by atoms with Gasteiger partial charge in [0.2, 0.25) is 11.8 Å². The molecule has 9 heteroatoms. The van der Waals surface area contributed by atoms with Crippen molar-refractivity contribution in [3.05, 3.63) is 12.2 Å². The predicted octanol–water partition coefficient (Wildman–Crippen LogP) is 9.09. The van der Waals surface area contributed by atoms with Crippen LogP contribution in [-0.2, 0) is 23.9 Å². The van der Waals surface area contributed by atoms with Crippen LogP contribution in [0.3, 0.4) is 0 Å². The van der Waals surface area contributed by atoms with Gasteiger partial charge in [-0.1, -0.05) is 148 Å². The lowest BCUT2D eigenvalue weighted by Crippen LogP contribution is -2.47. The monoisotopic (exact) mass is 695 g/mol. The van der Waals surface area contributed by atoms with E-state index in [9.17, 15) is 19.2 Å². The van der Waals surface area contributed by atoms with E-state index in [1.54, 1.807) is 0 Å². The number of rotatable bonds is 36. The molecule has 2 atom stereocenters. The number of aliphatic hydroxyl groups excluding tert-OH is 1. The topological polar surface area (TPSA) is 142 Å². The van der Waals surface area contributed by atoms with Crippen molar-refractivity contribution in [1.29, 1.82) is 0 Å². The number of ether oxygens (including phenoxy) is 1. The Morgan fingerprint density at radius 2 is 1.08 bits per heavy atom.